The minimum Gasteiger partial charge on any atom is -0.458 e. The molecule has 128 valence electrons. The van der Waals surface area contributed by atoms with Gasteiger partial charge in [0.25, 0.3) is 5.91 Å². The number of ether oxygens (including phenoxy) is 1. The van der Waals surface area contributed by atoms with E-state index in [1.165, 1.54) is 0 Å². The minimum atomic E-state index is -4.47. The Labute approximate surface area is 134 Å². The third-order valence-electron chi connectivity index (χ3n) is 2.93. The molecule has 1 aromatic carbocycles. The molecule has 1 aromatic heterocycles. The maximum Gasteiger partial charge on any atom is 0.416 e. The van der Waals surface area contributed by atoms with E-state index in [2.05, 4.69) is 10.5 Å². The molecule has 0 bridgehead atoms. The fourth-order valence-electron chi connectivity index (χ4n) is 1.76. The number of halogens is 3. The van der Waals surface area contributed by atoms with Gasteiger partial charge < -0.3 is 14.6 Å². The van der Waals surface area contributed by atoms with Gasteiger partial charge in [0, 0.05) is 11.6 Å². The molecule has 0 aliphatic carbocycles. The number of nitrogens with one attached hydrogen (secondary N) is 1. The summed E-state index contributed by atoms with van der Waals surface area (Å²) in [5.74, 6) is -0.828. The van der Waals surface area contributed by atoms with E-state index in [1.54, 1.807) is 13.0 Å². The quantitative estimate of drug-likeness (QED) is 0.844. The Kier molecular flexibility index (Phi) is 5.22. The van der Waals surface area contributed by atoms with E-state index in [4.69, 9.17) is 9.26 Å². The Bertz CT molecular complexity index is 723. The molecule has 0 unspecified atom stereocenters. The lowest BCUT2D eigenvalue weighted by atomic mass is 10.1. The van der Waals surface area contributed by atoms with Crippen LogP contribution in [0.2, 0.25) is 0 Å². The zero-order valence-electron chi connectivity index (χ0n) is 12.5. The van der Waals surface area contributed by atoms with Gasteiger partial charge in [-0.25, -0.2) is 0 Å². The van der Waals surface area contributed by atoms with Gasteiger partial charge in [-0.2, -0.15) is 13.2 Å². The van der Waals surface area contributed by atoms with Crippen LogP contribution in [0, 0.1) is 6.92 Å². The number of aromatic nitrogens is 1. The van der Waals surface area contributed by atoms with E-state index < -0.39 is 30.2 Å². The average molecular weight is 342 g/mol. The first-order valence-electron chi connectivity index (χ1n) is 6.79. The lowest BCUT2D eigenvalue weighted by Crippen LogP contribution is -2.30. The zero-order chi connectivity index (χ0) is 17.7. The molecular weight excluding hydrogens is 329 g/mol. The van der Waals surface area contributed by atoms with Crippen molar-refractivity contribution in [2.45, 2.75) is 19.7 Å². The van der Waals surface area contributed by atoms with Crippen LogP contribution >= 0.6 is 0 Å². The van der Waals surface area contributed by atoms with Crippen molar-refractivity contribution >= 4 is 11.9 Å². The van der Waals surface area contributed by atoms with Crippen LogP contribution in [-0.2, 0) is 22.3 Å². The summed E-state index contributed by atoms with van der Waals surface area (Å²) in [6.45, 7) is 1.16. The average Bonchev–Trinajstić information content (AvgIpc) is 2.95. The van der Waals surface area contributed by atoms with Crippen LogP contribution in [0.15, 0.2) is 34.9 Å². The normalized spacial score (nSPS) is 11.2. The Hall–Kier alpha value is -2.84. The summed E-state index contributed by atoms with van der Waals surface area (Å²) in [4.78, 5) is 23.3. The van der Waals surface area contributed by atoms with Crippen LogP contribution in [0.25, 0.3) is 0 Å². The van der Waals surface area contributed by atoms with Gasteiger partial charge >= 0.3 is 12.1 Å². The molecule has 0 radical (unpaired) electrons. The second kappa shape index (κ2) is 7.16. The summed E-state index contributed by atoms with van der Waals surface area (Å²) in [7, 11) is 0. The van der Waals surface area contributed by atoms with Gasteiger partial charge in [-0.3, -0.25) is 9.59 Å². The van der Waals surface area contributed by atoms with Crippen LogP contribution in [0.3, 0.4) is 0 Å². The Morgan fingerprint density at radius 2 is 1.92 bits per heavy atom. The highest BCUT2D eigenvalue weighted by Gasteiger charge is 2.30. The number of carbonyl (C=O) groups excluding carboxylic acids is 2. The van der Waals surface area contributed by atoms with Crippen molar-refractivity contribution < 1.29 is 32.0 Å². The first-order valence-corrected chi connectivity index (χ1v) is 6.79. The number of carbonyl (C=O) groups is 2. The smallest absolute Gasteiger partial charge is 0.416 e. The molecule has 1 heterocycles. The summed E-state index contributed by atoms with van der Waals surface area (Å²) in [5.41, 5.74) is -0.431. The van der Waals surface area contributed by atoms with Gasteiger partial charge in [0.2, 0.25) is 0 Å². The molecule has 0 saturated carbocycles. The third-order valence-corrected chi connectivity index (χ3v) is 2.93. The fraction of sp³-hybridized carbons (Fsp3) is 0.267. The SMILES string of the molecule is Cc1cc(COC(=O)CNC(=O)c2ccc(C(F)(F)F)cc2)no1. The van der Waals surface area contributed by atoms with Crippen molar-refractivity contribution in [2.75, 3.05) is 6.54 Å². The minimum absolute atomic E-state index is 0.00271. The van der Waals surface area contributed by atoms with E-state index in [0.29, 0.717) is 11.5 Å². The number of benzene rings is 1. The van der Waals surface area contributed by atoms with Gasteiger partial charge in [-0.1, -0.05) is 5.16 Å². The molecule has 6 nitrogen and oxygen atoms in total. The largest absolute Gasteiger partial charge is 0.458 e. The van der Waals surface area contributed by atoms with Crippen molar-refractivity contribution in [1.82, 2.24) is 10.5 Å². The maximum atomic E-state index is 12.4. The van der Waals surface area contributed by atoms with Crippen molar-refractivity contribution in [3.05, 3.63) is 52.9 Å². The molecule has 0 aliphatic heterocycles. The van der Waals surface area contributed by atoms with E-state index in [0.717, 1.165) is 24.3 Å². The first kappa shape index (κ1) is 17.5. The zero-order valence-corrected chi connectivity index (χ0v) is 12.5. The van der Waals surface area contributed by atoms with Crippen LogP contribution in [-0.4, -0.2) is 23.6 Å². The van der Waals surface area contributed by atoms with Crippen LogP contribution in [0.5, 0.6) is 0 Å². The number of nitrogens with zero attached hydrogens (tertiary/aromatic N) is 1. The predicted molar refractivity (Wildman–Crippen MR) is 74.8 cm³/mol. The predicted octanol–water partition coefficient (Wildman–Crippen LogP) is 2.48. The molecule has 1 amide bonds. The van der Waals surface area contributed by atoms with Crippen molar-refractivity contribution in [1.29, 1.82) is 0 Å². The Morgan fingerprint density at radius 1 is 1.25 bits per heavy atom. The number of rotatable bonds is 5. The molecule has 1 N–H and O–H groups in total. The number of alkyl halides is 3. The molecule has 2 rings (SSSR count). The summed E-state index contributed by atoms with van der Waals surface area (Å²) in [5, 5.41) is 5.89. The van der Waals surface area contributed by atoms with Gasteiger partial charge in [0.15, 0.2) is 0 Å². The Morgan fingerprint density at radius 3 is 2.46 bits per heavy atom. The molecule has 0 saturated heterocycles. The molecule has 9 heteroatoms. The lowest BCUT2D eigenvalue weighted by molar-refractivity contribution is -0.143. The molecule has 0 aliphatic rings. The highest BCUT2D eigenvalue weighted by molar-refractivity contribution is 5.95. The molecule has 2 aromatic rings. The van der Waals surface area contributed by atoms with Gasteiger partial charge in [0.05, 0.1) is 5.56 Å². The molecule has 0 spiro atoms. The Balaban J connectivity index is 1.80. The van der Waals surface area contributed by atoms with Gasteiger partial charge in [0.1, 0.15) is 24.6 Å². The second-order valence-corrected chi connectivity index (χ2v) is 4.85. The number of hydrogen-bond acceptors (Lipinski definition) is 5. The topological polar surface area (TPSA) is 81.4 Å². The third kappa shape index (κ3) is 4.83. The van der Waals surface area contributed by atoms with Crippen molar-refractivity contribution in [3.63, 3.8) is 0 Å². The fourth-order valence-corrected chi connectivity index (χ4v) is 1.76. The van der Waals surface area contributed by atoms with Crippen LogP contribution < -0.4 is 5.32 Å². The second-order valence-electron chi connectivity index (χ2n) is 4.85. The molecule has 0 fully saturated rings. The number of esters is 1. The van der Waals surface area contributed by atoms with Gasteiger partial charge in [-0.05, 0) is 31.2 Å². The monoisotopic (exact) mass is 342 g/mol. The van der Waals surface area contributed by atoms with E-state index in [9.17, 15) is 22.8 Å². The molecule has 0 atom stereocenters. The first-order chi connectivity index (χ1) is 11.3. The lowest BCUT2D eigenvalue weighted by Gasteiger charge is -2.08. The number of aryl methyl sites for hydroxylation is 1. The van der Waals surface area contributed by atoms with Crippen LogP contribution in [0.4, 0.5) is 13.2 Å². The van der Waals surface area contributed by atoms with Crippen molar-refractivity contribution in [2.24, 2.45) is 0 Å². The van der Waals surface area contributed by atoms with E-state index >= 15 is 0 Å². The molecule has 24 heavy (non-hydrogen) atoms. The van der Waals surface area contributed by atoms with E-state index in [-0.39, 0.29) is 12.2 Å². The summed E-state index contributed by atoms with van der Waals surface area (Å²) < 4.78 is 46.9. The summed E-state index contributed by atoms with van der Waals surface area (Å²) in [6, 6.07) is 5.23. The van der Waals surface area contributed by atoms with Crippen LogP contribution in [0.1, 0.15) is 27.4 Å². The summed E-state index contributed by atoms with van der Waals surface area (Å²) in [6.07, 6.45) is -4.47. The summed E-state index contributed by atoms with van der Waals surface area (Å²) >= 11 is 0. The van der Waals surface area contributed by atoms with E-state index in [1.807, 2.05) is 0 Å². The highest BCUT2D eigenvalue weighted by Crippen LogP contribution is 2.29. The number of hydrogen-bond donors (Lipinski definition) is 1. The number of amides is 1. The standard InChI is InChI=1S/C15H13F3N2O4/c1-9-6-12(20-24-9)8-23-13(21)7-19-14(22)10-2-4-11(5-3-10)15(16,17)18/h2-6H,7-8H2,1H3,(H,19,22). The maximum absolute atomic E-state index is 12.4. The highest BCUT2D eigenvalue weighted by atomic mass is 19.4. The van der Waals surface area contributed by atoms with Gasteiger partial charge in [-0.15, -0.1) is 0 Å². The molecular formula is C15H13F3N2O4. The van der Waals surface area contributed by atoms with Crippen molar-refractivity contribution in [3.8, 4) is 0 Å².